The number of rotatable bonds is 6. The maximum atomic E-state index is 11.8. The molecule has 2 rings (SSSR count). The molecule has 8 nitrogen and oxygen atoms in total. The molecule has 130 valence electrons. The van der Waals surface area contributed by atoms with Gasteiger partial charge < -0.3 is 20.0 Å². The summed E-state index contributed by atoms with van der Waals surface area (Å²) in [6, 6.07) is 10.3. The van der Waals surface area contributed by atoms with E-state index in [1.165, 1.54) is 42.5 Å². The van der Waals surface area contributed by atoms with Crippen molar-refractivity contribution in [3.8, 4) is 0 Å². The number of ether oxygens (including phenoxy) is 2. The van der Waals surface area contributed by atoms with Crippen LogP contribution < -0.4 is 10.0 Å². The molecule has 25 heavy (non-hydrogen) atoms. The van der Waals surface area contributed by atoms with Gasteiger partial charge in [0.15, 0.2) is 12.8 Å². The second kappa shape index (κ2) is 8.44. The molecule has 1 heterocycles. The Balaban J connectivity index is 1.87. The SMILES string of the molecule is CCOC(=O)c1ccc(NC(=O)COC(=O)c2cccc[n+]2[O-])cc1. The number of anilines is 1. The third-order valence-electron chi connectivity index (χ3n) is 3.05. The topological polar surface area (TPSA) is 109 Å². The lowest BCUT2D eigenvalue weighted by Crippen LogP contribution is -2.35. The Labute approximate surface area is 143 Å². The first-order chi connectivity index (χ1) is 12.0. The van der Waals surface area contributed by atoms with Gasteiger partial charge in [-0.2, -0.15) is 4.73 Å². The standard InChI is InChI=1S/C17H16N2O6/c1-2-24-16(21)12-6-8-13(9-7-12)18-15(20)11-25-17(22)14-5-3-4-10-19(14)23/h3-10H,2,11H2,1H3,(H,18,20). The maximum absolute atomic E-state index is 11.8. The van der Waals surface area contributed by atoms with Crippen molar-refractivity contribution in [2.75, 3.05) is 18.5 Å². The summed E-state index contributed by atoms with van der Waals surface area (Å²) < 4.78 is 10.0. The summed E-state index contributed by atoms with van der Waals surface area (Å²) in [7, 11) is 0. The van der Waals surface area contributed by atoms with E-state index < -0.39 is 24.5 Å². The van der Waals surface area contributed by atoms with Gasteiger partial charge in [-0.15, -0.1) is 0 Å². The van der Waals surface area contributed by atoms with Crippen molar-refractivity contribution in [3.63, 3.8) is 0 Å². The fraction of sp³-hybridized carbons (Fsp3) is 0.176. The normalized spacial score (nSPS) is 9.96. The van der Waals surface area contributed by atoms with Gasteiger partial charge in [0, 0.05) is 17.8 Å². The molecule has 0 aliphatic rings. The number of aromatic nitrogens is 1. The van der Waals surface area contributed by atoms with Crippen LogP contribution in [0.25, 0.3) is 0 Å². The van der Waals surface area contributed by atoms with Gasteiger partial charge in [-0.05, 0) is 37.3 Å². The highest BCUT2D eigenvalue weighted by Crippen LogP contribution is 2.10. The van der Waals surface area contributed by atoms with E-state index in [0.29, 0.717) is 16.0 Å². The molecule has 0 saturated heterocycles. The van der Waals surface area contributed by atoms with Gasteiger partial charge in [0.1, 0.15) is 0 Å². The van der Waals surface area contributed by atoms with Crippen LogP contribution in [0.15, 0.2) is 48.7 Å². The van der Waals surface area contributed by atoms with Gasteiger partial charge >= 0.3 is 17.6 Å². The van der Waals surface area contributed by atoms with Crippen molar-refractivity contribution in [2.24, 2.45) is 0 Å². The quantitative estimate of drug-likeness (QED) is 0.480. The molecule has 0 aliphatic heterocycles. The zero-order valence-corrected chi connectivity index (χ0v) is 13.4. The van der Waals surface area contributed by atoms with Gasteiger partial charge in [-0.3, -0.25) is 4.79 Å². The monoisotopic (exact) mass is 344 g/mol. The highest BCUT2D eigenvalue weighted by molar-refractivity contribution is 5.95. The Morgan fingerprint density at radius 1 is 1.04 bits per heavy atom. The predicted molar refractivity (Wildman–Crippen MR) is 86.7 cm³/mol. The molecule has 1 N–H and O–H groups in total. The van der Waals surface area contributed by atoms with Crippen molar-refractivity contribution >= 4 is 23.5 Å². The van der Waals surface area contributed by atoms with Crippen LogP contribution in [0.5, 0.6) is 0 Å². The minimum atomic E-state index is -0.900. The number of nitrogens with one attached hydrogen (secondary N) is 1. The van der Waals surface area contributed by atoms with Crippen molar-refractivity contribution in [1.29, 1.82) is 0 Å². The summed E-state index contributed by atoms with van der Waals surface area (Å²) in [6.45, 7) is 1.43. The zero-order valence-electron chi connectivity index (χ0n) is 13.4. The molecular weight excluding hydrogens is 328 g/mol. The van der Waals surface area contributed by atoms with E-state index >= 15 is 0 Å². The minimum Gasteiger partial charge on any atom is -0.618 e. The van der Waals surface area contributed by atoms with E-state index in [2.05, 4.69) is 5.32 Å². The number of pyridine rings is 1. The molecule has 1 amide bonds. The lowest BCUT2D eigenvalue weighted by atomic mass is 10.2. The summed E-state index contributed by atoms with van der Waals surface area (Å²) in [5.74, 6) is -1.93. The van der Waals surface area contributed by atoms with E-state index in [0.717, 1.165) is 6.20 Å². The minimum absolute atomic E-state index is 0.214. The molecule has 1 aromatic carbocycles. The van der Waals surface area contributed by atoms with Crippen LogP contribution in [0.3, 0.4) is 0 Å². The molecular formula is C17H16N2O6. The second-order valence-corrected chi connectivity index (χ2v) is 4.83. The predicted octanol–water partition coefficient (Wildman–Crippen LogP) is 1.29. The van der Waals surface area contributed by atoms with Crippen molar-refractivity contribution in [2.45, 2.75) is 6.92 Å². The lowest BCUT2D eigenvalue weighted by molar-refractivity contribution is -0.608. The van der Waals surface area contributed by atoms with Crippen molar-refractivity contribution in [3.05, 3.63) is 65.1 Å². The number of carbonyl (C=O) groups excluding carboxylic acids is 3. The molecule has 2 aromatic rings. The number of carbonyl (C=O) groups is 3. The van der Waals surface area contributed by atoms with Gasteiger partial charge in [-0.25, -0.2) is 9.59 Å². The first kappa shape index (κ1) is 17.9. The van der Waals surface area contributed by atoms with Crippen LogP contribution in [0, 0.1) is 5.21 Å². The number of hydrogen-bond acceptors (Lipinski definition) is 6. The van der Waals surface area contributed by atoms with Crippen LogP contribution in [0.1, 0.15) is 27.8 Å². The largest absolute Gasteiger partial charge is 0.618 e. The van der Waals surface area contributed by atoms with Crippen molar-refractivity contribution in [1.82, 2.24) is 0 Å². The maximum Gasteiger partial charge on any atom is 0.405 e. The van der Waals surface area contributed by atoms with E-state index in [4.69, 9.17) is 9.47 Å². The number of nitrogens with zero attached hydrogens (tertiary/aromatic N) is 1. The highest BCUT2D eigenvalue weighted by Gasteiger charge is 2.18. The average Bonchev–Trinajstić information content (AvgIpc) is 2.61. The lowest BCUT2D eigenvalue weighted by Gasteiger charge is -2.07. The Morgan fingerprint density at radius 3 is 2.40 bits per heavy atom. The van der Waals surface area contributed by atoms with Gasteiger partial charge in [-0.1, -0.05) is 0 Å². The second-order valence-electron chi connectivity index (χ2n) is 4.83. The van der Waals surface area contributed by atoms with Crippen LogP contribution >= 0.6 is 0 Å². The van der Waals surface area contributed by atoms with E-state index in [1.54, 1.807) is 6.92 Å². The number of benzene rings is 1. The van der Waals surface area contributed by atoms with Crippen LogP contribution in [-0.2, 0) is 14.3 Å². The van der Waals surface area contributed by atoms with Gasteiger partial charge in [0.05, 0.1) is 12.2 Å². The molecule has 0 aliphatic carbocycles. The molecule has 0 unspecified atom stereocenters. The first-order valence-electron chi connectivity index (χ1n) is 7.43. The molecule has 0 bridgehead atoms. The number of esters is 2. The Kier molecular flexibility index (Phi) is 6.05. The molecule has 0 radical (unpaired) electrons. The summed E-state index contributed by atoms with van der Waals surface area (Å²) in [5.41, 5.74) is 0.567. The Bertz CT molecular complexity index is 773. The Morgan fingerprint density at radius 2 is 1.76 bits per heavy atom. The molecule has 0 spiro atoms. The van der Waals surface area contributed by atoms with Crippen LogP contribution in [0.4, 0.5) is 5.69 Å². The van der Waals surface area contributed by atoms with Gasteiger partial charge in [0.25, 0.3) is 5.91 Å². The molecule has 1 aromatic heterocycles. The average molecular weight is 344 g/mol. The van der Waals surface area contributed by atoms with Crippen LogP contribution in [0.2, 0.25) is 0 Å². The fourth-order valence-electron chi connectivity index (χ4n) is 1.89. The smallest absolute Gasteiger partial charge is 0.405 e. The van der Waals surface area contributed by atoms with E-state index in [1.807, 2.05) is 0 Å². The molecule has 8 heteroatoms. The summed E-state index contributed by atoms with van der Waals surface area (Å²) in [5, 5.41) is 13.9. The van der Waals surface area contributed by atoms with E-state index in [-0.39, 0.29) is 12.3 Å². The molecule has 0 atom stereocenters. The first-order valence-corrected chi connectivity index (χ1v) is 7.43. The fourth-order valence-corrected chi connectivity index (χ4v) is 1.89. The molecule has 0 saturated carbocycles. The summed E-state index contributed by atoms with van der Waals surface area (Å²) >= 11 is 0. The zero-order chi connectivity index (χ0) is 18.2. The third kappa shape index (κ3) is 5.03. The summed E-state index contributed by atoms with van der Waals surface area (Å²) in [6.07, 6.45) is 1.15. The number of amides is 1. The highest BCUT2D eigenvalue weighted by atomic mass is 16.5. The Hall–Kier alpha value is -3.42. The van der Waals surface area contributed by atoms with Crippen LogP contribution in [-0.4, -0.2) is 31.1 Å². The number of hydrogen-bond donors (Lipinski definition) is 1. The van der Waals surface area contributed by atoms with E-state index in [9.17, 15) is 19.6 Å². The van der Waals surface area contributed by atoms with Gasteiger partial charge in [0.2, 0.25) is 0 Å². The third-order valence-corrected chi connectivity index (χ3v) is 3.05. The summed E-state index contributed by atoms with van der Waals surface area (Å²) in [4.78, 5) is 35.0. The van der Waals surface area contributed by atoms with Crippen molar-refractivity contribution < 1.29 is 28.6 Å². The molecule has 0 fully saturated rings.